The summed E-state index contributed by atoms with van der Waals surface area (Å²) in [5.41, 5.74) is 4.05. The van der Waals surface area contributed by atoms with Gasteiger partial charge in [0.05, 0.1) is 19.5 Å². The van der Waals surface area contributed by atoms with E-state index in [2.05, 4.69) is 15.0 Å². The number of imidazole rings is 1. The zero-order valence-electron chi connectivity index (χ0n) is 12.7. The van der Waals surface area contributed by atoms with Crippen LogP contribution in [0.15, 0.2) is 6.33 Å². The predicted octanol–water partition coefficient (Wildman–Crippen LogP) is -0.214. The number of rotatable bonds is 4. The molecule has 10 heteroatoms. The molecule has 9 nitrogen and oxygen atoms in total. The van der Waals surface area contributed by atoms with Crippen molar-refractivity contribution in [2.75, 3.05) is 18.9 Å². The summed E-state index contributed by atoms with van der Waals surface area (Å²) in [6.07, 6.45) is -2.43. The number of fused-ring (bicyclic) bond motifs is 1. The van der Waals surface area contributed by atoms with Gasteiger partial charge < -0.3 is 25.4 Å². The number of nitrogens with two attached hydrogens (primary N) is 1. The van der Waals surface area contributed by atoms with Gasteiger partial charge in [0, 0.05) is 0 Å². The number of hydrogen-bond acceptors (Lipinski definition) is 8. The minimum atomic E-state index is -2.15. The highest BCUT2D eigenvalue weighted by molar-refractivity contribution is 5.77. The number of aliphatic hydroxyl groups is 2. The third-order valence-corrected chi connectivity index (χ3v) is 3.84. The van der Waals surface area contributed by atoms with E-state index >= 15 is 0 Å². The topological polar surface area (TPSA) is 129 Å². The fourth-order valence-electron chi connectivity index (χ4n) is 2.68. The Morgan fingerprint density at radius 2 is 2.26 bits per heavy atom. The number of aliphatic hydroxyl groups excluding tert-OH is 2. The van der Waals surface area contributed by atoms with Gasteiger partial charge >= 0.3 is 0 Å². The molecule has 1 saturated heterocycles. The molecule has 3 heterocycles. The van der Waals surface area contributed by atoms with Gasteiger partial charge in [-0.2, -0.15) is 9.97 Å². The van der Waals surface area contributed by atoms with Gasteiger partial charge in [-0.3, -0.25) is 4.57 Å². The van der Waals surface area contributed by atoms with Crippen molar-refractivity contribution in [3.8, 4) is 5.88 Å². The molecule has 1 aliphatic rings. The molecule has 1 unspecified atom stereocenters. The number of alkyl halides is 1. The second-order valence-corrected chi connectivity index (χ2v) is 5.45. The normalized spacial score (nSPS) is 30.9. The molecule has 0 aromatic carbocycles. The summed E-state index contributed by atoms with van der Waals surface area (Å²) in [5.74, 6) is 0.132. The number of nitrogens with zero attached hydrogens (tertiary/aromatic N) is 4. The molecule has 1 fully saturated rings. The van der Waals surface area contributed by atoms with E-state index in [1.165, 1.54) is 17.8 Å². The van der Waals surface area contributed by atoms with Crippen LogP contribution in [0, 0.1) is 0 Å². The van der Waals surface area contributed by atoms with Crippen molar-refractivity contribution in [3.05, 3.63) is 6.33 Å². The molecule has 0 aliphatic carbocycles. The molecule has 0 amide bonds. The van der Waals surface area contributed by atoms with Gasteiger partial charge in [0.1, 0.15) is 12.2 Å². The third kappa shape index (κ3) is 2.38. The van der Waals surface area contributed by atoms with Crippen LogP contribution < -0.4 is 10.5 Å². The molecular weight excluding hydrogens is 309 g/mol. The lowest BCUT2D eigenvalue weighted by molar-refractivity contribution is -0.0566. The van der Waals surface area contributed by atoms with Gasteiger partial charge in [-0.15, -0.1) is 0 Å². The third-order valence-electron chi connectivity index (χ3n) is 3.84. The van der Waals surface area contributed by atoms with Crippen LogP contribution in [0.25, 0.3) is 11.2 Å². The van der Waals surface area contributed by atoms with Gasteiger partial charge in [-0.25, -0.2) is 9.37 Å². The van der Waals surface area contributed by atoms with Crippen molar-refractivity contribution in [2.24, 2.45) is 0 Å². The highest BCUT2D eigenvalue weighted by Crippen LogP contribution is 2.42. The van der Waals surface area contributed by atoms with E-state index in [0.29, 0.717) is 12.1 Å². The van der Waals surface area contributed by atoms with E-state index in [9.17, 15) is 14.6 Å². The molecule has 2 aromatic rings. The van der Waals surface area contributed by atoms with Crippen LogP contribution in [0.2, 0.25) is 0 Å². The van der Waals surface area contributed by atoms with Crippen LogP contribution >= 0.6 is 0 Å². The summed E-state index contributed by atoms with van der Waals surface area (Å²) in [4.78, 5) is 12.1. The summed E-state index contributed by atoms with van der Waals surface area (Å²) >= 11 is 0. The molecule has 126 valence electrons. The fourth-order valence-corrected chi connectivity index (χ4v) is 2.68. The van der Waals surface area contributed by atoms with Gasteiger partial charge in [0.25, 0.3) is 0 Å². The number of nitrogen functional groups attached to an aromatic ring is 1. The largest absolute Gasteiger partial charge is 0.476 e. The summed E-state index contributed by atoms with van der Waals surface area (Å²) in [6, 6.07) is 0. The summed E-state index contributed by atoms with van der Waals surface area (Å²) in [7, 11) is 0. The Bertz CT molecular complexity index is 722. The lowest BCUT2D eigenvalue weighted by Crippen LogP contribution is -2.40. The van der Waals surface area contributed by atoms with Crippen LogP contribution in [-0.2, 0) is 4.74 Å². The van der Waals surface area contributed by atoms with Crippen molar-refractivity contribution in [3.63, 3.8) is 0 Å². The average molecular weight is 327 g/mol. The highest BCUT2D eigenvalue weighted by Gasteiger charge is 2.55. The monoisotopic (exact) mass is 327 g/mol. The molecule has 0 bridgehead atoms. The molecule has 1 aliphatic heterocycles. The van der Waals surface area contributed by atoms with Crippen molar-refractivity contribution in [2.45, 2.75) is 38.0 Å². The van der Waals surface area contributed by atoms with Crippen LogP contribution in [0.4, 0.5) is 10.3 Å². The lowest BCUT2D eigenvalue weighted by Gasteiger charge is -2.24. The first-order valence-corrected chi connectivity index (χ1v) is 7.16. The Morgan fingerprint density at radius 3 is 2.87 bits per heavy atom. The number of halogens is 1. The van der Waals surface area contributed by atoms with Crippen molar-refractivity contribution >= 4 is 17.1 Å². The first-order chi connectivity index (χ1) is 10.9. The smallest absolute Gasteiger partial charge is 0.247 e. The maximum Gasteiger partial charge on any atom is 0.247 e. The van der Waals surface area contributed by atoms with Crippen molar-refractivity contribution < 1.29 is 24.1 Å². The number of ether oxygens (including phenoxy) is 2. The van der Waals surface area contributed by atoms with E-state index in [0.717, 1.165) is 0 Å². The van der Waals surface area contributed by atoms with Crippen LogP contribution in [-0.4, -0.2) is 60.8 Å². The molecule has 4 N–H and O–H groups in total. The Morgan fingerprint density at radius 1 is 1.52 bits per heavy atom. The molecular formula is C13H18FN5O4. The lowest BCUT2D eigenvalue weighted by atomic mass is 9.98. The maximum atomic E-state index is 14.9. The zero-order chi connectivity index (χ0) is 16.8. The van der Waals surface area contributed by atoms with Gasteiger partial charge in [0.15, 0.2) is 23.1 Å². The van der Waals surface area contributed by atoms with Gasteiger partial charge in [0.2, 0.25) is 11.8 Å². The van der Waals surface area contributed by atoms with Crippen LogP contribution in [0.3, 0.4) is 0 Å². The Balaban J connectivity index is 2.10. The van der Waals surface area contributed by atoms with Crippen LogP contribution in [0.1, 0.15) is 20.1 Å². The van der Waals surface area contributed by atoms with Gasteiger partial charge in [-0.05, 0) is 13.8 Å². The van der Waals surface area contributed by atoms with E-state index in [4.69, 9.17) is 15.2 Å². The Kier molecular flexibility index (Phi) is 3.82. The maximum absolute atomic E-state index is 14.9. The summed E-state index contributed by atoms with van der Waals surface area (Å²) in [6.45, 7) is 2.81. The number of aromatic nitrogens is 4. The number of anilines is 1. The average Bonchev–Trinajstić information content (AvgIpc) is 3.00. The van der Waals surface area contributed by atoms with Crippen molar-refractivity contribution in [1.82, 2.24) is 19.5 Å². The molecule has 0 spiro atoms. The Hall–Kier alpha value is -2.04. The molecule has 2 aromatic heterocycles. The SMILES string of the molecule is CCOc1nc(N)nc2c1ncn2[C@@H]1O[C@H](CO)C(O)[C@@]1(C)F. The molecule has 4 atom stereocenters. The number of hydrogen-bond donors (Lipinski definition) is 3. The summed E-state index contributed by atoms with van der Waals surface area (Å²) < 4.78 is 27.0. The first-order valence-electron chi connectivity index (χ1n) is 7.16. The second-order valence-electron chi connectivity index (χ2n) is 5.45. The second kappa shape index (κ2) is 5.55. The standard InChI is InChI=1S/C13H18FN5O4/c1-3-22-10-7-9(17-12(15)18-10)19(5-16-7)11-13(2,14)8(21)6(4-20)23-11/h5-6,8,11,20-21H,3-4H2,1-2H3,(H2,15,17,18)/t6-,8?,11-,13-/m1/s1. The molecule has 0 radical (unpaired) electrons. The van der Waals surface area contributed by atoms with E-state index in [-0.39, 0.29) is 17.5 Å². The Labute approximate surface area is 130 Å². The van der Waals surface area contributed by atoms with Gasteiger partial charge in [-0.1, -0.05) is 0 Å². The molecule has 3 rings (SSSR count). The zero-order valence-corrected chi connectivity index (χ0v) is 12.7. The summed E-state index contributed by atoms with van der Waals surface area (Å²) in [5, 5.41) is 19.2. The molecule has 23 heavy (non-hydrogen) atoms. The van der Waals surface area contributed by atoms with Crippen molar-refractivity contribution in [1.29, 1.82) is 0 Å². The molecule has 0 saturated carbocycles. The quantitative estimate of drug-likeness (QED) is 0.703. The predicted molar refractivity (Wildman–Crippen MR) is 77.4 cm³/mol. The first kappa shape index (κ1) is 15.8. The fraction of sp³-hybridized carbons (Fsp3) is 0.615. The minimum Gasteiger partial charge on any atom is -0.476 e. The minimum absolute atomic E-state index is 0.0551. The highest BCUT2D eigenvalue weighted by atomic mass is 19.1. The van der Waals surface area contributed by atoms with E-state index in [1.807, 2.05) is 0 Å². The van der Waals surface area contributed by atoms with Crippen LogP contribution in [0.5, 0.6) is 5.88 Å². The van der Waals surface area contributed by atoms with E-state index < -0.39 is 30.7 Å². The van der Waals surface area contributed by atoms with E-state index in [1.54, 1.807) is 6.92 Å².